The molecule has 1 amide bonds. The largest absolute Gasteiger partial charge is 0.393 e. The number of hydrogen-bond acceptors (Lipinski definition) is 4. The van der Waals surface area contributed by atoms with E-state index < -0.39 is 23.9 Å². The van der Waals surface area contributed by atoms with E-state index in [9.17, 15) is 23.2 Å². The molecule has 0 spiro atoms. The minimum atomic E-state index is -4.41. The van der Waals surface area contributed by atoms with Crippen LogP contribution in [0.4, 0.5) is 18.9 Å². The molecule has 0 bridgehead atoms. The Hall–Kier alpha value is -2.82. The molecule has 1 aliphatic heterocycles. The summed E-state index contributed by atoms with van der Waals surface area (Å²) in [6, 6.07) is 8.51. The number of halogens is 3. The summed E-state index contributed by atoms with van der Waals surface area (Å²) in [5.74, 6) is -3.26. The van der Waals surface area contributed by atoms with Crippen LogP contribution in [0.3, 0.4) is 0 Å². The van der Waals surface area contributed by atoms with Crippen molar-refractivity contribution in [2.24, 2.45) is 17.6 Å². The minimum absolute atomic E-state index is 0.109. The van der Waals surface area contributed by atoms with Crippen molar-refractivity contribution < 1.29 is 18.0 Å². The number of carbonyl (C=O) groups excluding carboxylic acids is 1. The summed E-state index contributed by atoms with van der Waals surface area (Å²) in [5.41, 5.74) is 6.57. The molecule has 2 aromatic rings. The van der Waals surface area contributed by atoms with Crippen LogP contribution in [0.15, 0.2) is 30.5 Å². The zero-order valence-corrected chi connectivity index (χ0v) is 13.1. The first-order valence-electron chi connectivity index (χ1n) is 7.70. The summed E-state index contributed by atoms with van der Waals surface area (Å²) in [7, 11) is 0. The van der Waals surface area contributed by atoms with E-state index in [0.29, 0.717) is 22.2 Å². The lowest BCUT2D eigenvalue weighted by molar-refractivity contribution is -0.179. The highest BCUT2D eigenvalue weighted by atomic mass is 19.4. The molecule has 2 N–H and O–H groups in total. The molecule has 3 rings (SSSR count). The molecular weight excluding hydrogens is 333 g/mol. The normalized spacial score (nSPS) is 21.1. The molecule has 2 atom stereocenters. The van der Waals surface area contributed by atoms with Crippen molar-refractivity contribution in [1.29, 1.82) is 5.26 Å². The number of primary amides is 1. The van der Waals surface area contributed by atoms with Gasteiger partial charge in [0.05, 0.1) is 22.9 Å². The smallest absolute Gasteiger partial charge is 0.370 e. The number of aromatic nitrogens is 1. The third kappa shape index (κ3) is 3.22. The van der Waals surface area contributed by atoms with Crippen molar-refractivity contribution in [3.05, 3.63) is 36.0 Å². The Morgan fingerprint density at radius 1 is 1.32 bits per heavy atom. The lowest BCUT2D eigenvalue weighted by Crippen LogP contribution is -2.49. The van der Waals surface area contributed by atoms with Crippen LogP contribution in [0.2, 0.25) is 0 Å². The molecule has 1 fully saturated rings. The van der Waals surface area contributed by atoms with E-state index in [0.717, 1.165) is 0 Å². The van der Waals surface area contributed by atoms with Gasteiger partial charge in [-0.3, -0.25) is 9.78 Å². The number of hydrogen-bond donors (Lipinski definition) is 1. The van der Waals surface area contributed by atoms with E-state index in [1.807, 2.05) is 6.07 Å². The highest BCUT2D eigenvalue weighted by Crippen LogP contribution is 2.38. The van der Waals surface area contributed by atoms with E-state index in [1.165, 1.54) is 17.2 Å². The lowest BCUT2D eigenvalue weighted by atomic mass is 9.87. The number of anilines is 1. The third-order valence-electron chi connectivity index (χ3n) is 4.52. The van der Waals surface area contributed by atoms with Gasteiger partial charge >= 0.3 is 6.18 Å². The zero-order valence-electron chi connectivity index (χ0n) is 13.1. The van der Waals surface area contributed by atoms with Gasteiger partial charge < -0.3 is 10.6 Å². The van der Waals surface area contributed by atoms with E-state index in [4.69, 9.17) is 5.73 Å². The minimum Gasteiger partial charge on any atom is -0.370 e. The van der Waals surface area contributed by atoms with Gasteiger partial charge in [-0.15, -0.1) is 0 Å². The van der Waals surface area contributed by atoms with Crippen molar-refractivity contribution in [2.75, 3.05) is 18.0 Å². The average Bonchev–Trinajstić information content (AvgIpc) is 2.59. The number of pyridine rings is 1. The van der Waals surface area contributed by atoms with Crippen LogP contribution in [-0.4, -0.2) is 30.2 Å². The predicted octanol–water partition coefficient (Wildman–Crippen LogP) is 2.60. The van der Waals surface area contributed by atoms with Gasteiger partial charge in [0.1, 0.15) is 6.07 Å². The van der Waals surface area contributed by atoms with Gasteiger partial charge in [-0.25, -0.2) is 0 Å². The third-order valence-corrected chi connectivity index (χ3v) is 4.52. The molecule has 1 saturated heterocycles. The van der Waals surface area contributed by atoms with Gasteiger partial charge in [0.25, 0.3) is 0 Å². The van der Waals surface area contributed by atoms with Crippen LogP contribution in [0.1, 0.15) is 12.0 Å². The molecule has 0 aliphatic carbocycles. The summed E-state index contributed by atoms with van der Waals surface area (Å²) in [6.07, 6.45) is -3.19. The van der Waals surface area contributed by atoms with E-state index >= 15 is 0 Å². The molecule has 2 heterocycles. The van der Waals surface area contributed by atoms with Crippen LogP contribution in [0.25, 0.3) is 10.9 Å². The highest BCUT2D eigenvalue weighted by Gasteiger charge is 2.45. The lowest BCUT2D eigenvalue weighted by Gasteiger charge is -2.39. The first kappa shape index (κ1) is 17.0. The van der Waals surface area contributed by atoms with Crippen molar-refractivity contribution in [3.8, 4) is 6.07 Å². The second kappa shape index (κ2) is 6.24. The van der Waals surface area contributed by atoms with Crippen LogP contribution < -0.4 is 10.6 Å². The molecular formula is C17H15F3N4O. The van der Waals surface area contributed by atoms with Gasteiger partial charge in [-0.2, -0.15) is 18.4 Å². The number of nitrogens with two attached hydrogens (primary N) is 1. The Kier molecular flexibility index (Phi) is 4.25. The second-order valence-corrected chi connectivity index (χ2v) is 6.12. The number of nitriles is 1. The number of benzene rings is 1. The number of rotatable bonds is 2. The van der Waals surface area contributed by atoms with Crippen molar-refractivity contribution in [2.45, 2.75) is 12.6 Å². The van der Waals surface area contributed by atoms with Gasteiger partial charge in [0.15, 0.2) is 0 Å². The summed E-state index contributed by atoms with van der Waals surface area (Å²) in [6.45, 7) is -0.152. The van der Waals surface area contributed by atoms with Crippen LogP contribution in [-0.2, 0) is 4.79 Å². The Bertz CT molecular complexity index is 859. The van der Waals surface area contributed by atoms with Crippen molar-refractivity contribution in [3.63, 3.8) is 0 Å². The Morgan fingerprint density at radius 3 is 2.72 bits per heavy atom. The SMILES string of the molecule is N#Cc1ccc(N2C[C@H](C(N)=O)C[C@H](C(F)(F)F)C2)c2cccnc12. The molecule has 1 aromatic heterocycles. The number of fused-ring (bicyclic) bond motifs is 1. The highest BCUT2D eigenvalue weighted by molar-refractivity contribution is 5.95. The Morgan fingerprint density at radius 2 is 2.08 bits per heavy atom. The quantitative estimate of drug-likeness (QED) is 0.904. The van der Waals surface area contributed by atoms with E-state index in [-0.39, 0.29) is 19.5 Å². The summed E-state index contributed by atoms with van der Waals surface area (Å²) >= 11 is 0. The predicted molar refractivity (Wildman–Crippen MR) is 85.5 cm³/mol. The first-order chi connectivity index (χ1) is 11.8. The van der Waals surface area contributed by atoms with Gasteiger partial charge in [0, 0.05) is 30.4 Å². The molecule has 1 aromatic carbocycles. The summed E-state index contributed by atoms with van der Waals surface area (Å²) < 4.78 is 39.8. The maximum atomic E-state index is 13.3. The van der Waals surface area contributed by atoms with Gasteiger partial charge in [-0.05, 0) is 30.7 Å². The standard InChI is InChI=1S/C17H15F3N4O/c18-17(19,20)12-6-11(16(22)25)8-24(9-12)14-4-3-10(7-21)15-13(14)2-1-5-23-15/h1-5,11-12H,6,8-9H2,(H2,22,25)/t11-,12+/m1/s1. The number of alkyl halides is 3. The topological polar surface area (TPSA) is 83.0 Å². The Balaban J connectivity index is 2.07. The molecule has 130 valence electrons. The van der Waals surface area contributed by atoms with Crippen LogP contribution in [0, 0.1) is 23.2 Å². The van der Waals surface area contributed by atoms with Crippen molar-refractivity contribution >= 4 is 22.5 Å². The fourth-order valence-electron chi connectivity index (χ4n) is 3.26. The Labute approximate surface area is 141 Å². The van der Waals surface area contributed by atoms with E-state index in [2.05, 4.69) is 4.98 Å². The summed E-state index contributed by atoms with van der Waals surface area (Å²) in [5, 5.41) is 9.76. The molecule has 0 radical (unpaired) electrons. The number of amides is 1. The zero-order chi connectivity index (χ0) is 18.2. The molecule has 0 unspecified atom stereocenters. The average molecular weight is 348 g/mol. The molecule has 8 heteroatoms. The fraction of sp³-hybridized carbons (Fsp3) is 0.353. The second-order valence-electron chi connectivity index (χ2n) is 6.12. The molecule has 25 heavy (non-hydrogen) atoms. The molecule has 1 aliphatic rings. The maximum absolute atomic E-state index is 13.3. The first-order valence-corrected chi connectivity index (χ1v) is 7.70. The fourth-order valence-corrected chi connectivity index (χ4v) is 3.26. The van der Waals surface area contributed by atoms with Crippen LogP contribution in [0.5, 0.6) is 0 Å². The van der Waals surface area contributed by atoms with Gasteiger partial charge in [0.2, 0.25) is 5.91 Å². The van der Waals surface area contributed by atoms with E-state index in [1.54, 1.807) is 18.2 Å². The number of nitrogens with zero attached hydrogens (tertiary/aromatic N) is 3. The monoisotopic (exact) mass is 348 g/mol. The maximum Gasteiger partial charge on any atom is 0.393 e. The van der Waals surface area contributed by atoms with Gasteiger partial charge in [-0.1, -0.05) is 0 Å². The number of carbonyl (C=O) groups is 1. The summed E-state index contributed by atoms with van der Waals surface area (Å²) in [4.78, 5) is 17.2. The van der Waals surface area contributed by atoms with Crippen molar-refractivity contribution in [1.82, 2.24) is 4.98 Å². The number of piperidine rings is 1. The van der Waals surface area contributed by atoms with Crippen LogP contribution >= 0.6 is 0 Å². The molecule has 0 saturated carbocycles. The molecule has 5 nitrogen and oxygen atoms in total.